The molecule has 1 aliphatic heterocycles. The van der Waals surface area contributed by atoms with Crippen LogP contribution in [0.2, 0.25) is 0 Å². The minimum atomic E-state index is 0.667. The van der Waals surface area contributed by atoms with Gasteiger partial charge < -0.3 is 5.32 Å². The topological polar surface area (TPSA) is 15.3 Å². The fourth-order valence-electron chi connectivity index (χ4n) is 3.24. The van der Waals surface area contributed by atoms with Gasteiger partial charge in [0.2, 0.25) is 0 Å². The van der Waals surface area contributed by atoms with Crippen molar-refractivity contribution in [3.63, 3.8) is 0 Å². The molecule has 1 aliphatic carbocycles. The summed E-state index contributed by atoms with van der Waals surface area (Å²) in [5.41, 5.74) is 0. The Morgan fingerprint density at radius 2 is 1.94 bits per heavy atom. The van der Waals surface area contributed by atoms with Gasteiger partial charge in [-0.25, -0.2) is 0 Å². The SMILES string of the molecule is CSC1CCCCC1N1CC(C)NCC1C. The summed E-state index contributed by atoms with van der Waals surface area (Å²) >= 11 is 2.09. The van der Waals surface area contributed by atoms with Crippen LogP contribution in [0.5, 0.6) is 0 Å². The summed E-state index contributed by atoms with van der Waals surface area (Å²) in [5, 5.41) is 4.46. The van der Waals surface area contributed by atoms with Crippen molar-refractivity contribution in [2.45, 2.75) is 62.9 Å². The Labute approximate surface area is 105 Å². The predicted octanol–water partition coefficient (Wildman–Crippen LogP) is 2.34. The maximum Gasteiger partial charge on any atom is 0.0218 e. The summed E-state index contributed by atoms with van der Waals surface area (Å²) in [4.78, 5) is 2.78. The molecule has 4 unspecified atom stereocenters. The van der Waals surface area contributed by atoms with Gasteiger partial charge in [-0.3, -0.25) is 4.90 Å². The Balaban J connectivity index is 2.02. The lowest BCUT2D eigenvalue weighted by atomic mass is 9.91. The van der Waals surface area contributed by atoms with Crippen LogP contribution in [0.15, 0.2) is 0 Å². The van der Waals surface area contributed by atoms with E-state index >= 15 is 0 Å². The average Bonchev–Trinajstić information content (AvgIpc) is 2.32. The second-order valence-corrected chi connectivity index (χ2v) is 6.56. The molecular formula is C13H26N2S. The Morgan fingerprint density at radius 3 is 2.69 bits per heavy atom. The van der Waals surface area contributed by atoms with Gasteiger partial charge in [0, 0.05) is 36.5 Å². The van der Waals surface area contributed by atoms with E-state index in [9.17, 15) is 0 Å². The molecule has 1 N–H and O–H groups in total. The zero-order valence-corrected chi connectivity index (χ0v) is 11.7. The van der Waals surface area contributed by atoms with Crippen molar-refractivity contribution in [3.05, 3.63) is 0 Å². The Morgan fingerprint density at radius 1 is 1.19 bits per heavy atom. The maximum absolute atomic E-state index is 3.59. The number of piperazine rings is 1. The first-order chi connectivity index (χ1) is 7.72. The van der Waals surface area contributed by atoms with Crippen LogP contribution < -0.4 is 5.32 Å². The molecule has 0 aromatic rings. The van der Waals surface area contributed by atoms with E-state index < -0.39 is 0 Å². The van der Waals surface area contributed by atoms with E-state index in [1.54, 1.807) is 0 Å². The smallest absolute Gasteiger partial charge is 0.0218 e. The van der Waals surface area contributed by atoms with Gasteiger partial charge in [-0.05, 0) is 32.9 Å². The van der Waals surface area contributed by atoms with Crippen molar-refractivity contribution in [2.24, 2.45) is 0 Å². The third kappa shape index (κ3) is 2.74. The maximum atomic E-state index is 3.59. The van der Waals surface area contributed by atoms with Gasteiger partial charge in [0.1, 0.15) is 0 Å². The van der Waals surface area contributed by atoms with E-state index in [4.69, 9.17) is 0 Å². The molecule has 0 aromatic carbocycles. The molecule has 94 valence electrons. The zero-order chi connectivity index (χ0) is 11.5. The van der Waals surface area contributed by atoms with Gasteiger partial charge in [-0.1, -0.05) is 12.8 Å². The number of hydrogen-bond donors (Lipinski definition) is 1. The summed E-state index contributed by atoms with van der Waals surface area (Å²) < 4.78 is 0. The molecule has 1 saturated heterocycles. The highest BCUT2D eigenvalue weighted by molar-refractivity contribution is 7.99. The summed E-state index contributed by atoms with van der Waals surface area (Å²) in [7, 11) is 0. The summed E-state index contributed by atoms with van der Waals surface area (Å²) in [5.74, 6) is 0. The number of rotatable bonds is 2. The number of hydrogen-bond acceptors (Lipinski definition) is 3. The average molecular weight is 242 g/mol. The van der Waals surface area contributed by atoms with Crippen LogP contribution in [-0.2, 0) is 0 Å². The van der Waals surface area contributed by atoms with E-state index in [0.29, 0.717) is 12.1 Å². The zero-order valence-electron chi connectivity index (χ0n) is 10.9. The lowest BCUT2D eigenvalue weighted by Gasteiger charge is -2.46. The minimum absolute atomic E-state index is 0.667. The fraction of sp³-hybridized carbons (Fsp3) is 1.00. The highest BCUT2D eigenvalue weighted by atomic mass is 32.2. The first kappa shape index (κ1) is 12.7. The fourth-order valence-corrected chi connectivity index (χ4v) is 4.25. The standard InChI is InChI=1S/C13H26N2S/c1-10-9-15(11(2)8-14-10)12-6-4-5-7-13(12)16-3/h10-14H,4-9H2,1-3H3. The minimum Gasteiger partial charge on any atom is -0.311 e. The second-order valence-electron chi connectivity index (χ2n) is 5.48. The highest BCUT2D eigenvalue weighted by Crippen LogP contribution is 2.32. The third-order valence-electron chi connectivity index (χ3n) is 4.21. The molecule has 2 rings (SSSR count). The summed E-state index contributed by atoms with van der Waals surface area (Å²) in [6, 6.07) is 2.22. The molecule has 2 nitrogen and oxygen atoms in total. The van der Waals surface area contributed by atoms with Crippen molar-refractivity contribution < 1.29 is 0 Å². The quantitative estimate of drug-likeness (QED) is 0.800. The van der Waals surface area contributed by atoms with Crippen molar-refractivity contribution >= 4 is 11.8 Å². The van der Waals surface area contributed by atoms with E-state index in [2.05, 4.69) is 42.1 Å². The molecule has 1 saturated carbocycles. The molecule has 16 heavy (non-hydrogen) atoms. The molecule has 2 aliphatic rings. The van der Waals surface area contributed by atoms with Gasteiger partial charge in [0.05, 0.1) is 0 Å². The van der Waals surface area contributed by atoms with Crippen LogP contribution in [0.1, 0.15) is 39.5 Å². The third-order valence-corrected chi connectivity index (χ3v) is 5.36. The van der Waals surface area contributed by atoms with Gasteiger partial charge in [0.15, 0.2) is 0 Å². The lowest BCUT2D eigenvalue weighted by Crippen LogP contribution is -2.60. The van der Waals surface area contributed by atoms with Crippen molar-refractivity contribution in [2.75, 3.05) is 19.3 Å². The number of nitrogens with one attached hydrogen (secondary N) is 1. The van der Waals surface area contributed by atoms with Crippen LogP contribution in [-0.4, -0.2) is 47.6 Å². The predicted molar refractivity (Wildman–Crippen MR) is 73.2 cm³/mol. The molecule has 3 heteroatoms. The van der Waals surface area contributed by atoms with Crippen LogP contribution >= 0.6 is 11.8 Å². The number of nitrogens with zero attached hydrogens (tertiary/aromatic N) is 1. The van der Waals surface area contributed by atoms with Crippen molar-refractivity contribution in [3.8, 4) is 0 Å². The van der Waals surface area contributed by atoms with Crippen LogP contribution in [0.3, 0.4) is 0 Å². The monoisotopic (exact) mass is 242 g/mol. The summed E-state index contributed by atoms with van der Waals surface area (Å²) in [6.07, 6.45) is 8.02. The van der Waals surface area contributed by atoms with E-state index in [-0.39, 0.29) is 0 Å². The first-order valence-electron chi connectivity index (χ1n) is 6.74. The Hall–Kier alpha value is 0.270. The van der Waals surface area contributed by atoms with Gasteiger partial charge in [0.25, 0.3) is 0 Å². The van der Waals surface area contributed by atoms with Crippen LogP contribution in [0.25, 0.3) is 0 Å². The largest absolute Gasteiger partial charge is 0.311 e. The Kier molecular flexibility index (Phi) is 4.57. The highest BCUT2D eigenvalue weighted by Gasteiger charge is 2.34. The van der Waals surface area contributed by atoms with Gasteiger partial charge in [-0.2, -0.15) is 11.8 Å². The van der Waals surface area contributed by atoms with E-state index in [1.165, 1.54) is 38.8 Å². The molecular weight excluding hydrogens is 216 g/mol. The lowest BCUT2D eigenvalue weighted by molar-refractivity contribution is 0.0774. The van der Waals surface area contributed by atoms with Gasteiger partial charge >= 0.3 is 0 Å². The van der Waals surface area contributed by atoms with Crippen molar-refractivity contribution in [1.29, 1.82) is 0 Å². The molecule has 0 aromatic heterocycles. The summed E-state index contributed by atoms with van der Waals surface area (Å²) in [6.45, 7) is 7.10. The molecule has 4 atom stereocenters. The number of thioether (sulfide) groups is 1. The van der Waals surface area contributed by atoms with Crippen LogP contribution in [0.4, 0.5) is 0 Å². The van der Waals surface area contributed by atoms with Crippen molar-refractivity contribution in [1.82, 2.24) is 10.2 Å². The molecule has 0 amide bonds. The molecule has 0 bridgehead atoms. The molecule has 2 fully saturated rings. The molecule has 1 heterocycles. The first-order valence-corrected chi connectivity index (χ1v) is 8.03. The second kappa shape index (κ2) is 5.74. The molecule has 0 radical (unpaired) electrons. The Bertz CT molecular complexity index is 222. The van der Waals surface area contributed by atoms with Gasteiger partial charge in [-0.15, -0.1) is 0 Å². The molecule has 0 spiro atoms. The van der Waals surface area contributed by atoms with Crippen LogP contribution in [0, 0.1) is 0 Å². The normalized spacial score (nSPS) is 42.2. The van der Waals surface area contributed by atoms with E-state index in [0.717, 1.165) is 11.3 Å². The van der Waals surface area contributed by atoms with E-state index in [1.807, 2.05) is 0 Å².